The van der Waals surface area contributed by atoms with Gasteiger partial charge in [0.1, 0.15) is 0 Å². The first-order valence-corrected chi connectivity index (χ1v) is 7.67. The molecule has 3 nitrogen and oxygen atoms in total. The van der Waals surface area contributed by atoms with E-state index in [0.717, 1.165) is 17.5 Å². The lowest BCUT2D eigenvalue weighted by atomic mass is 10.1. The molecule has 1 aromatic heterocycles. The molecule has 0 saturated carbocycles. The van der Waals surface area contributed by atoms with E-state index in [2.05, 4.69) is 4.98 Å². The first kappa shape index (κ1) is 16.0. The third kappa shape index (κ3) is 4.07. The zero-order valence-corrected chi connectivity index (χ0v) is 12.3. The van der Waals surface area contributed by atoms with Crippen molar-refractivity contribution >= 4 is 28.4 Å². The average Bonchev–Trinajstić information content (AvgIpc) is 2.73. The standard InChI is InChI=1S/C14H17F3N2OS/c1-8(20)7-21-3-2-10-4-9-5-12(18)11(14(15,16)17)6-13(9)19-10/h4-6,8,19-20H,2-3,7,18H2,1H3. The summed E-state index contributed by atoms with van der Waals surface area (Å²) < 4.78 is 38.4. The van der Waals surface area contributed by atoms with E-state index < -0.39 is 11.7 Å². The van der Waals surface area contributed by atoms with E-state index in [4.69, 9.17) is 10.8 Å². The van der Waals surface area contributed by atoms with Gasteiger partial charge in [0, 0.05) is 28.0 Å². The Kier molecular flexibility index (Phi) is 4.73. The van der Waals surface area contributed by atoms with Gasteiger partial charge in [0.15, 0.2) is 0 Å². The highest BCUT2D eigenvalue weighted by molar-refractivity contribution is 7.99. The normalized spacial score (nSPS) is 13.8. The highest BCUT2D eigenvalue weighted by Crippen LogP contribution is 2.36. The third-order valence-corrected chi connectivity index (χ3v) is 4.24. The molecule has 0 aliphatic heterocycles. The van der Waals surface area contributed by atoms with Gasteiger partial charge in [-0.25, -0.2) is 0 Å². The number of rotatable bonds is 5. The summed E-state index contributed by atoms with van der Waals surface area (Å²) in [5.74, 6) is 1.44. The number of hydrogen-bond acceptors (Lipinski definition) is 3. The van der Waals surface area contributed by atoms with Crippen molar-refractivity contribution in [1.29, 1.82) is 0 Å². The van der Waals surface area contributed by atoms with Crippen molar-refractivity contribution in [2.75, 3.05) is 17.2 Å². The fourth-order valence-corrected chi connectivity index (χ4v) is 2.95. The molecule has 21 heavy (non-hydrogen) atoms. The van der Waals surface area contributed by atoms with E-state index in [-0.39, 0.29) is 11.8 Å². The molecule has 1 aromatic carbocycles. The lowest BCUT2D eigenvalue weighted by molar-refractivity contribution is -0.136. The maximum absolute atomic E-state index is 12.8. The number of benzene rings is 1. The zero-order valence-electron chi connectivity index (χ0n) is 11.5. The molecule has 4 N–H and O–H groups in total. The van der Waals surface area contributed by atoms with Crippen LogP contribution in [0.2, 0.25) is 0 Å². The lowest BCUT2D eigenvalue weighted by Crippen LogP contribution is -2.08. The molecular weight excluding hydrogens is 301 g/mol. The van der Waals surface area contributed by atoms with E-state index in [1.54, 1.807) is 18.7 Å². The van der Waals surface area contributed by atoms with Crippen molar-refractivity contribution in [3.63, 3.8) is 0 Å². The number of H-pyrrole nitrogens is 1. The summed E-state index contributed by atoms with van der Waals surface area (Å²) >= 11 is 1.60. The smallest absolute Gasteiger partial charge is 0.398 e. The molecule has 0 bridgehead atoms. The van der Waals surface area contributed by atoms with Gasteiger partial charge in [-0.3, -0.25) is 0 Å². The second kappa shape index (κ2) is 6.19. The number of fused-ring (bicyclic) bond motifs is 1. The van der Waals surface area contributed by atoms with Crippen LogP contribution in [0, 0.1) is 0 Å². The Morgan fingerprint density at radius 2 is 2.05 bits per heavy atom. The molecule has 0 spiro atoms. The second-order valence-electron chi connectivity index (χ2n) is 4.99. The molecule has 0 radical (unpaired) electrons. The Hall–Kier alpha value is -1.34. The van der Waals surface area contributed by atoms with Crippen LogP contribution in [0.1, 0.15) is 18.2 Å². The quantitative estimate of drug-likeness (QED) is 0.585. The van der Waals surface area contributed by atoms with Crippen molar-refractivity contribution in [3.8, 4) is 0 Å². The minimum atomic E-state index is -4.45. The molecule has 7 heteroatoms. The molecule has 2 rings (SSSR count). The maximum atomic E-state index is 12.8. The number of hydrogen-bond donors (Lipinski definition) is 3. The number of anilines is 1. The summed E-state index contributed by atoms with van der Waals surface area (Å²) in [4.78, 5) is 2.99. The monoisotopic (exact) mass is 318 g/mol. The van der Waals surface area contributed by atoms with Gasteiger partial charge in [-0.05, 0) is 37.3 Å². The molecule has 0 aliphatic rings. The Balaban J connectivity index is 2.14. The first-order chi connectivity index (χ1) is 9.77. The number of alkyl halides is 3. The summed E-state index contributed by atoms with van der Waals surface area (Å²) in [6.07, 6.45) is -4.10. The summed E-state index contributed by atoms with van der Waals surface area (Å²) in [6.45, 7) is 1.72. The summed E-state index contributed by atoms with van der Waals surface area (Å²) in [6, 6.07) is 4.22. The number of aliphatic hydroxyl groups is 1. The number of aromatic nitrogens is 1. The van der Waals surface area contributed by atoms with Gasteiger partial charge >= 0.3 is 6.18 Å². The molecule has 0 fully saturated rings. The van der Waals surface area contributed by atoms with Crippen LogP contribution in [0.5, 0.6) is 0 Å². The highest BCUT2D eigenvalue weighted by Gasteiger charge is 2.33. The largest absolute Gasteiger partial charge is 0.418 e. The summed E-state index contributed by atoms with van der Waals surface area (Å²) in [5.41, 5.74) is 5.70. The number of aromatic amines is 1. The van der Waals surface area contributed by atoms with E-state index in [9.17, 15) is 13.2 Å². The SMILES string of the molecule is CC(O)CSCCc1cc2cc(N)c(C(F)(F)F)cc2[nH]1. The summed E-state index contributed by atoms with van der Waals surface area (Å²) in [5, 5.41) is 9.83. The van der Waals surface area contributed by atoms with Crippen LogP contribution in [-0.4, -0.2) is 27.7 Å². The number of nitrogens with one attached hydrogen (secondary N) is 1. The minimum Gasteiger partial charge on any atom is -0.398 e. The molecule has 0 amide bonds. The van der Waals surface area contributed by atoms with Gasteiger partial charge < -0.3 is 15.8 Å². The first-order valence-electron chi connectivity index (χ1n) is 6.51. The third-order valence-electron chi connectivity index (χ3n) is 3.03. The van der Waals surface area contributed by atoms with Crippen molar-refractivity contribution < 1.29 is 18.3 Å². The Morgan fingerprint density at radius 3 is 2.67 bits per heavy atom. The molecule has 116 valence electrons. The predicted molar refractivity (Wildman–Crippen MR) is 80.4 cm³/mol. The number of nitrogen functional groups attached to an aromatic ring is 1. The fraction of sp³-hybridized carbons (Fsp3) is 0.429. The van der Waals surface area contributed by atoms with Crippen LogP contribution in [-0.2, 0) is 12.6 Å². The van der Waals surface area contributed by atoms with E-state index >= 15 is 0 Å². The van der Waals surface area contributed by atoms with Crippen LogP contribution < -0.4 is 5.73 Å². The van der Waals surface area contributed by atoms with Gasteiger partial charge in [0.05, 0.1) is 11.7 Å². The molecular formula is C14H17F3N2OS. The number of aryl methyl sites for hydroxylation is 1. The van der Waals surface area contributed by atoms with Crippen LogP contribution >= 0.6 is 11.8 Å². The topological polar surface area (TPSA) is 62.0 Å². The lowest BCUT2D eigenvalue weighted by Gasteiger charge is -2.09. The second-order valence-corrected chi connectivity index (χ2v) is 6.14. The summed E-state index contributed by atoms with van der Waals surface area (Å²) in [7, 11) is 0. The van der Waals surface area contributed by atoms with Crippen molar-refractivity contribution in [3.05, 3.63) is 29.5 Å². The van der Waals surface area contributed by atoms with Crippen LogP contribution in [0.25, 0.3) is 10.9 Å². The Labute approximate surface area is 124 Å². The Morgan fingerprint density at radius 1 is 1.33 bits per heavy atom. The number of nitrogens with two attached hydrogens (primary N) is 1. The number of thioether (sulfide) groups is 1. The average molecular weight is 318 g/mol. The molecule has 2 aromatic rings. The van der Waals surface area contributed by atoms with Crippen LogP contribution in [0.15, 0.2) is 18.2 Å². The van der Waals surface area contributed by atoms with Crippen molar-refractivity contribution in [2.24, 2.45) is 0 Å². The zero-order chi connectivity index (χ0) is 15.6. The van der Waals surface area contributed by atoms with Crippen molar-refractivity contribution in [1.82, 2.24) is 4.98 Å². The fourth-order valence-electron chi connectivity index (χ4n) is 2.07. The number of aliphatic hydroxyl groups excluding tert-OH is 1. The number of halogens is 3. The molecule has 0 saturated heterocycles. The minimum absolute atomic E-state index is 0.260. The molecule has 1 atom stereocenters. The molecule has 1 unspecified atom stereocenters. The predicted octanol–water partition coefficient (Wildman–Crippen LogP) is 3.43. The molecule has 0 aliphatic carbocycles. The maximum Gasteiger partial charge on any atom is 0.418 e. The van der Waals surface area contributed by atoms with E-state index in [0.29, 0.717) is 23.1 Å². The van der Waals surface area contributed by atoms with Crippen molar-refractivity contribution in [2.45, 2.75) is 25.6 Å². The molecule has 1 heterocycles. The van der Waals surface area contributed by atoms with Gasteiger partial charge in [-0.2, -0.15) is 24.9 Å². The van der Waals surface area contributed by atoms with E-state index in [1.165, 1.54) is 6.07 Å². The van der Waals surface area contributed by atoms with Gasteiger partial charge in [0.25, 0.3) is 0 Å². The highest BCUT2D eigenvalue weighted by atomic mass is 32.2. The van der Waals surface area contributed by atoms with Gasteiger partial charge in [0.2, 0.25) is 0 Å². The van der Waals surface area contributed by atoms with Gasteiger partial charge in [-0.1, -0.05) is 0 Å². The van der Waals surface area contributed by atoms with Gasteiger partial charge in [-0.15, -0.1) is 0 Å². The van der Waals surface area contributed by atoms with Crippen LogP contribution in [0.3, 0.4) is 0 Å². The Bertz CT molecular complexity index is 622. The van der Waals surface area contributed by atoms with E-state index in [1.807, 2.05) is 6.07 Å². The van der Waals surface area contributed by atoms with Crippen LogP contribution in [0.4, 0.5) is 18.9 Å².